The van der Waals surface area contributed by atoms with Crippen LogP contribution in [0, 0.1) is 0 Å². The summed E-state index contributed by atoms with van der Waals surface area (Å²) in [7, 11) is 2.04. The second-order valence-corrected chi connectivity index (χ2v) is 4.80. The fourth-order valence-electron chi connectivity index (χ4n) is 2.32. The lowest BCUT2D eigenvalue weighted by Gasteiger charge is -2.23. The van der Waals surface area contributed by atoms with Gasteiger partial charge in [0.15, 0.2) is 0 Å². The zero-order chi connectivity index (χ0) is 11.5. The van der Waals surface area contributed by atoms with Crippen LogP contribution < -0.4 is 5.32 Å². The van der Waals surface area contributed by atoms with Gasteiger partial charge in [0, 0.05) is 30.9 Å². The summed E-state index contributed by atoms with van der Waals surface area (Å²) >= 11 is 0. The quantitative estimate of drug-likeness (QED) is 0.791. The van der Waals surface area contributed by atoms with Gasteiger partial charge < -0.3 is 5.32 Å². The van der Waals surface area contributed by atoms with E-state index in [0.29, 0.717) is 6.04 Å². The van der Waals surface area contributed by atoms with Crippen molar-refractivity contribution in [2.75, 3.05) is 6.54 Å². The summed E-state index contributed by atoms with van der Waals surface area (Å²) in [6.07, 6.45) is 7.93. The van der Waals surface area contributed by atoms with Crippen LogP contribution in [-0.4, -0.2) is 16.3 Å². The molecule has 0 aliphatic heterocycles. The topological polar surface area (TPSA) is 29.9 Å². The fraction of sp³-hybridized carbons (Fsp3) is 0.615. The van der Waals surface area contributed by atoms with E-state index in [2.05, 4.69) is 30.3 Å². The van der Waals surface area contributed by atoms with Crippen molar-refractivity contribution >= 4 is 0 Å². The summed E-state index contributed by atoms with van der Waals surface area (Å²) in [6, 6.07) is 0.494. The maximum absolute atomic E-state index is 4.35. The highest BCUT2D eigenvalue weighted by atomic mass is 15.3. The van der Waals surface area contributed by atoms with Crippen molar-refractivity contribution < 1.29 is 0 Å². The molecule has 0 amide bonds. The molecule has 1 aliphatic carbocycles. The number of aromatic nitrogens is 2. The van der Waals surface area contributed by atoms with Crippen LogP contribution in [0.25, 0.3) is 0 Å². The normalized spacial score (nSPS) is 19.3. The summed E-state index contributed by atoms with van der Waals surface area (Å²) in [5, 5.41) is 7.95. The summed E-state index contributed by atoms with van der Waals surface area (Å²) in [5.41, 5.74) is 4.17. The number of nitrogens with one attached hydrogen (secondary N) is 1. The van der Waals surface area contributed by atoms with E-state index in [1.165, 1.54) is 36.1 Å². The van der Waals surface area contributed by atoms with Crippen LogP contribution >= 0.6 is 0 Å². The molecule has 0 aromatic carbocycles. The Bertz CT molecular complexity index is 386. The fourth-order valence-corrected chi connectivity index (χ4v) is 2.32. The van der Waals surface area contributed by atoms with Gasteiger partial charge in [-0.15, -0.1) is 0 Å². The van der Waals surface area contributed by atoms with Crippen molar-refractivity contribution in [3.63, 3.8) is 0 Å². The van der Waals surface area contributed by atoms with Crippen LogP contribution in [0.5, 0.6) is 0 Å². The number of allylic oxidation sites excluding steroid dienone is 1. The third-order valence-corrected chi connectivity index (χ3v) is 3.25. The molecular formula is C13H21N3. The Labute approximate surface area is 97.5 Å². The Morgan fingerprint density at radius 1 is 1.62 bits per heavy atom. The van der Waals surface area contributed by atoms with Gasteiger partial charge in [-0.05, 0) is 33.1 Å². The highest BCUT2D eigenvalue weighted by Crippen LogP contribution is 2.28. The molecule has 3 heteroatoms. The highest BCUT2D eigenvalue weighted by Gasteiger charge is 2.22. The molecule has 1 N–H and O–H groups in total. The van der Waals surface area contributed by atoms with Crippen molar-refractivity contribution in [1.82, 2.24) is 15.1 Å². The molecule has 0 fully saturated rings. The number of nitrogens with zero attached hydrogens (tertiary/aromatic N) is 2. The monoisotopic (exact) mass is 219 g/mol. The van der Waals surface area contributed by atoms with E-state index < -0.39 is 0 Å². The molecule has 1 heterocycles. The zero-order valence-electron chi connectivity index (χ0n) is 10.5. The van der Waals surface area contributed by atoms with Gasteiger partial charge in [-0.2, -0.15) is 5.10 Å². The van der Waals surface area contributed by atoms with Crippen molar-refractivity contribution in [1.29, 1.82) is 0 Å². The van der Waals surface area contributed by atoms with Gasteiger partial charge in [-0.3, -0.25) is 4.68 Å². The molecule has 0 radical (unpaired) electrons. The third kappa shape index (κ3) is 2.35. The molecule has 2 rings (SSSR count). The van der Waals surface area contributed by atoms with Crippen LogP contribution in [0.2, 0.25) is 0 Å². The predicted octanol–water partition coefficient (Wildman–Crippen LogP) is 2.35. The van der Waals surface area contributed by atoms with Crippen LogP contribution in [0.1, 0.15) is 44.0 Å². The molecule has 0 spiro atoms. The number of hydrogen-bond donors (Lipinski definition) is 1. The van der Waals surface area contributed by atoms with Gasteiger partial charge in [-0.1, -0.05) is 11.6 Å². The smallest absolute Gasteiger partial charge is 0.0540 e. The molecule has 1 aliphatic rings. The van der Waals surface area contributed by atoms with Crippen LogP contribution in [0.3, 0.4) is 0 Å². The minimum Gasteiger partial charge on any atom is -0.306 e. The van der Waals surface area contributed by atoms with E-state index in [-0.39, 0.29) is 0 Å². The minimum absolute atomic E-state index is 0.494. The number of rotatable bonds is 3. The van der Waals surface area contributed by atoms with E-state index in [4.69, 9.17) is 0 Å². The molecule has 16 heavy (non-hydrogen) atoms. The second kappa shape index (κ2) is 4.83. The molecule has 0 saturated carbocycles. The zero-order valence-corrected chi connectivity index (χ0v) is 10.5. The molecule has 3 nitrogen and oxygen atoms in total. The van der Waals surface area contributed by atoms with Gasteiger partial charge in [0.1, 0.15) is 0 Å². The van der Waals surface area contributed by atoms with Crippen molar-refractivity contribution in [3.8, 4) is 0 Å². The van der Waals surface area contributed by atoms with Gasteiger partial charge in [0.25, 0.3) is 0 Å². The van der Waals surface area contributed by atoms with Crippen molar-refractivity contribution in [3.05, 3.63) is 29.1 Å². The predicted molar refractivity (Wildman–Crippen MR) is 66.3 cm³/mol. The molecule has 1 aromatic rings. The molecule has 0 bridgehead atoms. The first kappa shape index (κ1) is 11.4. The molecule has 88 valence electrons. The second-order valence-electron chi connectivity index (χ2n) is 4.80. The highest BCUT2D eigenvalue weighted by molar-refractivity contribution is 5.24. The average Bonchev–Trinajstić information content (AvgIpc) is 2.61. The number of fused-ring (bicyclic) bond motifs is 1. The lowest BCUT2D eigenvalue weighted by atomic mass is 9.93. The lowest BCUT2D eigenvalue weighted by Crippen LogP contribution is -2.25. The molecule has 0 saturated heterocycles. The Kier molecular flexibility index (Phi) is 3.44. The standard InChI is InChI=1S/C13H21N3/c1-10(2)7-8-14-12-5-4-6-13-11(12)9-15-16(13)3/h7,9,12,14H,4-6,8H2,1-3H3. The van der Waals surface area contributed by atoms with Gasteiger partial charge in [-0.25, -0.2) is 0 Å². The van der Waals surface area contributed by atoms with Crippen molar-refractivity contribution in [2.24, 2.45) is 7.05 Å². The van der Waals surface area contributed by atoms with Crippen molar-refractivity contribution in [2.45, 2.75) is 39.2 Å². The molecular weight excluding hydrogens is 198 g/mol. The molecule has 1 aromatic heterocycles. The van der Waals surface area contributed by atoms with E-state index >= 15 is 0 Å². The number of hydrogen-bond acceptors (Lipinski definition) is 2. The van der Waals surface area contributed by atoms with E-state index in [0.717, 1.165) is 6.54 Å². The maximum atomic E-state index is 4.35. The Morgan fingerprint density at radius 2 is 2.44 bits per heavy atom. The maximum Gasteiger partial charge on any atom is 0.0540 e. The first-order valence-corrected chi connectivity index (χ1v) is 6.06. The SMILES string of the molecule is CC(C)=CCNC1CCCc2c1cnn2C. The van der Waals surface area contributed by atoms with Gasteiger partial charge in [0.05, 0.1) is 6.20 Å². The lowest BCUT2D eigenvalue weighted by molar-refractivity contribution is 0.471. The first-order chi connectivity index (χ1) is 7.68. The van der Waals surface area contributed by atoms with Crippen LogP contribution in [0.4, 0.5) is 0 Å². The van der Waals surface area contributed by atoms with Crippen LogP contribution in [-0.2, 0) is 13.5 Å². The van der Waals surface area contributed by atoms with Gasteiger partial charge in [0.2, 0.25) is 0 Å². The summed E-state index contributed by atoms with van der Waals surface area (Å²) in [4.78, 5) is 0. The van der Waals surface area contributed by atoms with Crippen LogP contribution in [0.15, 0.2) is 17.8 Å². The summed E-state index contributed by atoms with van der Waals surface area (Å²) < 4.78 is 2.02. The summed E-state index contributed by atoms with van der Waals surface area (Å²) in [5.74, 6) is 0. The minimum atomic E-state index is 0.494. The van der Waals surface area contributed by atoms with Gasteiger partial charge >= 0.3 is 0 Å². The molecule has 1 atom stereocenters. The Hall–Kier alpha value is -1.09. The first-order valence-electron chi connectivity index (χ1n) is 6.06. The Morgan fingerprint density at radius 3 is 3.19 bits per heavy atom. The largest absolute Gasteiger partial charge is 0.306 e. The third-order valence-electron chi connectivity index (χ3n) is 3.25. The summed E-state index contributed by atoms with van der Waals surface area (Å²) in [6.45, 7) is 5.23. The number of aryl methyl sites for hydroxylation is 1. The van der Waals surface area contributed by atoms with E-state index in [1.54, 1.807) is 0 Å². The van der Waals surface area contributed by atoms with E-state index in [1.807, 2.05) is 17.9 Å². The molecule has 1 unspecified atom stereocenters. The average molecular weight is 219 g/mol. The van der Waals surface area contributed by atoms with E-state index in [9.17, 15) is 0 Å². The Balaban J connectivity index is 2.05.